The first-order valence-corrected chi connectivity index (χ1v) is 3.88. The largest absolute Gasteiger partial charge is 1.00 e. The molecule has 0 heterocycles. The zero-order valence-electron chi connectivity index (χ0n) is 5.44. The number of hydrogen-bond acceptors (Lipinski definition) is 5. The van der Waals surface area contributed by atoms with Crippen molar-refractivity contribution in [2.24, 2.45) is 0 Å². The molecule has 0 saturated heterocycles. The molecule has 10 heavy (non-hydrogen) atoms. The van der Waals surface area contributed by atoms with Crippen molar-refractivity contribution in [1.82, 2.24) is 6.15 Å². The summed E-state index contributed by atoms with van der Waals surface area (Å²) in [6.07, 6.45) is 0. The summed E-state index contributed by atoms with van der Waals surface area (Å²) >= 11 is 7.05. The Labute approximate surface area is 112 Å². The van der Waals surface area contributed by atoms with Crippen LogP contribution in [0.5, 0.6) is 0 Å². The normalized spacial score (nSPS) is 11.3. The number of nitrogens with zero attached hydrogens (tertiary/aromatic N) is 1. The molecule has 0 bridgehead atoms. The zero-order chi connectivity index (χ0) is 7.21. The smallest absolute Gasteiger partial charge is 0.748 e. The molecule has 0 aromatic heterocycles. The molecular formula is CH5KN2O3S3. The SMILES string of the molecule is N#C[S-].O=S([O-])(O)=S.[K+].[NH4+]. The quantitative estimate of drug-likeness (QED) is 0.255. The summed E-state index contributed by atoms with van der Waals surface area (Å²) in [4.78, 5) is 0. The molecule has 0 aliphatic carbocycles. The monoisotopic (exact) mass is 228 g/mol. The summed E-state index contributed by atoms with van der Waals surface area (Å²) in [5.41, 5.74) is 0. The van der Waals surface area contributed by atoms with Crippen LogP contribution in [-0.2, 0) is 32.9 Å². The summed E-state index contributed by atoms with van der Waals surface area (Å²) in [5, 5.41) is 8.47. The molecule has 0 rings (SSSR count). The number of quaternary nitrogens is 1. The third kappa shape index (κ3) is 278. The number of hydrogen-bond donors (Lipinski definition) is 2. The van der Waals surface area contributed by atoms with Crippen molar-refractivity contribution >= 4 is 32.9 Å². The van der Waals surface area contributed by atoms with E-state index >= 15 is 0 Å². The van der Waals surface area contributed by atoms with Gasteiger partial charge >= 0.3 is 51.4 Å². The van der Waals surface area contributed by atoms with Crippen LogP contribution in [0.4, 0.5) is 0 Å². The van der Waals surface area contributed by atoms with E-state index in [2.05, 4.69) is 23.8 Å². The third-order valence-corrected chi connectivity index (χ3v) is 0. The molecule has 0 spiro atoms. The molecule has 9 heteroatoms. The zero-order valence-corrected chi connectivity index (χ0v) is 11.0. The fourth-order valence-corrected chi connectivity index (χ4v) is 0. The minimum Gasteiger partial charge on any atom is -0.748 e. The van der Waals surface area contributed by atoms with E-state index in [0.29, 0.717) is 0 Å². The predicted molar refractivity (Wildman–Crippen MR) is 37.9 cm³/mol. The number of rotatable bonds is 0. The van der Waals surface area contributed by atoms with Crippen LogP contribution in [0.2, 0.25) is 0 Å². The van der Waals surface area contributed by atoms with Gasteiger partial charge in [-0.3, -0.25) is 0 Å². The Balaban J connectivity index is -0.0000000326. The van der Waals surface area contributed by atoms with Crippen molar-refractivity contribution < 1.29 is 64.7 Å². The Morgan fingerprint density at radius 2 is 1.80 bits per heavy atom. The average molecular weight is 228 g/mol. The molecule has 0 saturated carbocycles. The van der Waals surface area contributed by atoms with Gasteiger partial charge in [-0.1, -0.05) is 5.40 Å². The molecule has 0 fully saturated rings. The number of thiocyanates is 1. The van der Waals surface area contributed by atoms with E-state index in [1.165, 1.54) is 5.40 Å². The number of nitriles is 1. The molecule has 1 atom stereocenters. The van der Waals surface area contributed by atoms with Gasteiger partial charge in [0.25, 0.3) is 0 Å². The van der Waals surface area contributed by atoms with Crippen LogP contribution in [-0.4, -0.2) is 13.3 Å². The van der Waals surface area contributed by atoms with Crippen LogP contribution in [0.15, 0.2) is 0 Å². The van der Waals surface area contributed by atoms with Crippen molar-refractivity contribution in [3.63, 3.8) is 0 Å². The molecule has 0 aromatic rings. The van der Waals surface area contributed by atoms with E-state index in [9.17, 15) is 0 Å². The first-order valence-electron chi connectivity index (χ1n) is 1.11. The summed E-state index contributed by atoms with van der Waals surface area (Å²) in [6.45, 7) is 0. The summed E-state index contributed by atoms with van der Waals surface area (Å²) in [7, 11) is -4.08. The van der Waals surface area contributed by atoms with Crippen LogP contribution >= 0.6 is 0 Å². The van der Waals surface area contributed by atoms with Crippen LogP contribution in [0, 0.1) is 10.7 Å². The van der Waals surface area contributed by atoms with Gasteiger partial charge in [0.15, 0.2) is 0 Å². The first-order chi connectivity index (χ1) is 3.41. The second-order valence-corrected chi connectivity index (χ2v) is 2.82. The minimum absolute atomic E-state index is 0. The third-order valence-electron chi connectivity index (χ3n) is 0. The molecule has 0 aliphatic heterocycles. The second kappa shape index (κ2) is 13.2. The maximum Gasteiger partial charge on any atom is 1.00 e. The fraction of sp³-hybridized carbons (Fsp3) is 0. The minimum atomic E-state index is -4.08. The van der Waals surface area contributed by atoms with Gasteiger partial charge in [0.05, 0.1) is 9.05 Å². The van der Waals surface area contributed by atoms with E-state index in [1.807, 2.05) is 0 Å². The topological polar surface area (TPSA) is 121 Å². The Morgan fingerprint density at radius 3 is 1.80 bits per heavy atom. The molecule has 0 radical (unpaired) electrons. The maximum absolute atomic E-state index is 9.00. The molecule has 5 N–H and O–H groups in total. The Hall–Kier alpha value is 1.60. The standard InChI is InChI=1S/CHNS.K.H3N.H2O3S2/c2-1-3;;;1-5(2,3)4/h3H;;1H3;(H2,1,2,3,4)/q;+1;;/p-1. The van der Waals surface area contributed by atoms with Gasteiger partial charge in [0.1, 0.15) is 0 Å². The molecule has 5 nitrogen and oxygen atoms in total. The van der Waals surface area contributed by atoms with Crippen molar-refractivity contribution in [1.29, 1.82) is 5.26 Å². The molecule has 1 unspecified atom stereocenters. The molecule has 0 aliphatic rings. The van der Waals surface area contributed by atoms with E-state index in [4.69, 9.17) is 18.6 Å². The van der Waals surface area contributed by atoms with Gasteiger partial charge in [-0.2, -0.15) is 0 Å². The van der Waals surface area contributed by atoms with Crippen molar-refractivity contribution in [2.45, 2.75) is 0 Å². The summed E-state index contributed by atoms with van der Waals surface area (Å²) in [5.74, 6) is 0. The van der Waals surface area contributed by atoms with Crippen molar-refractivity contribution in [3.8, 4) is 5.40 Å². The average Bonchev–Trinajstić information content (AvgIpc) is 1.27. The Kier molecular flexibility index (Phi) is 29.8. The van der Waals surface area contributed by atoms with Crippen LogP contribution in [0.3, 0.4) is 0 Å². The molecule has 0 amide bonds. The summed E-state index contributed by atoms with van der Waals surface area (Å²) < 4.78 is 25.3. The second-order valence-electron chi connectivity index (χ2n) is 0.519. The molecule has 0 aromatic carbocycles. The van der Waals surface area contributed by atoms with Gasteiger partial charge in [0.2, 0.25) is 0 Å². The Bertz CT molecular complexity index is 163. The van der Waals surface area contributed by atoms with E-state index in [-0.39, 0.29) is 57.5 Å². The van der Waals surface area contributed by atoms with E-state index < -0.39 is 9.05 Å². The van der Waals surface area contributed by atoms with Crippen LogP contribution in [0.25, 0.3) is 0 Å². The summed E-state index contributed by atoms with van der Waals surface area (Å²) in [6, 6.07) is 0. The van der Waals surface area contributed by atoms with E-state index in [0.717, 1.165) is 0 Å². The predicted octanol–water partition coefficient (Wildman–Crippen LogP) is -3.27. The molecular weight excluding hydrogens is 223 g/mol. The van der Waals surface area contributed by atoms with Gasteiger partial charge in [0, 0.05) is 0 Å². The van der Waals surface area contributed by atoms with Crippen LogP contribution < -0.4 is 57.5 Å². The molecule has 56 valence electrons. The van der Waals surface area contributed by atoms with Crippen LogP contribution in [0.1, 0.15) is 0 Å². The first kappa shape index (κ1) is 22.6. The van der Waals surface area contributed by atoms with Crippen molar-refractivity contribution in [2.75, 3.05) is 0 Å². The van der Waals surface area contributed by atoms with E-state index in [1.54, 1.807) is 0 Å². The van der Waals surface area contributed by atoms with Gasteiger partial charge in [-0.25, -0.2) is 9.47 Å². The fourth-order valence-electron chi connectivity index (χ4n) is 0. The Morgan fingerprint density at radius 1 is 1.80 bits per heavy atom. The van der Waals surface area contributed by atoms with Gasteiger partial charge in [-0.05, 0) is 11.2 Å². The van der Waals surface area contributed by atoms with Crippen molar-refractivity contribution in [3.05, 3.63) is 0 Å². The van der Waals surface area contributed by atoms with Gasteiger partial charge < -0.3 is 27.9 Å². The maximum atomic E-state index is 9.00. The van der Waals surface area contributed by atoms with Gasteiger partial charge in [-0.15, -0.1) is 0 Å².